The van der Waals surface area contributed by atoms with Crippen molar-refractivity contribution in [2.75, 3.05) is 43.9 Å². The third-order valence-electron chi connectivity index (χ3n) is 6.82. The number of carbonyl (C=O) groups excluding carboxylic acids is 1. The number of hydrogen-bond donors (Lipinski definition) is 0. The summed E-state index contributed by atoms with van der Waals surface area (Å²) in [6.45, 7) is 3.02. The Hall–Kier alpha value is -4.38. The average molecular weight is 559 g/mol. The maximum absolute atomic E-state index is 12.9. The van der Waals surface area contributed by atoms with Crippen molar-refractivity contribution in [3.05, 3.63) is 89.0 Å². The quantitative estimate of drug-likeness (QED) is 0.115. The van der Waals surface area contributed by atoms with Crippen molar-refractivity contribution in [2.24, 2.45) is 0 Å². The van der Waals surface area contributed by atoms with Crippen molar-refractivity contribution in [1.29, 1.82) is 0 Å². The summed E-state index contributed by atoms with van der Waals surface area (Å²) in [7, 11) is 1.66. The number of carbonyl (C=O) groups is 1. The number of amides is 1. The molecule has 2 heterocycles. The minimum atomic E-state index is -0.422. The van der Waals surface area contributed by atoms with Crippen LogP contribution in [0.3, 0.4) is 0 Å². The number of aromatic nitrogens is 3. The summed E-state index contributed by atoms with van der Waals surface area (Å²) in [5.74, 6) is 2.32. The number of thioether (sulfide) groups is 1. The molecule has 0 N–H and O–H groups in total. The zero-order valence-electron chi connectivity index (χ0n) is 22.2. The zero-order chi connectivity index (χ0) is 27.9. The lowest BCUT2D eigenvalue weighted by Gasteiger charge is -2.36. The highest BCUT2D eigenvalue weighted by Crippen LogP contribution is 2.29. The Kier molecular flexibility index (Phi) is 8.60. The fourth-order valence-corrected chi connectivity index (χ4v) is 5.54. The largest absolute Gasteiger partial charge is 0.497 e. The smallest absolute Gasteiger partial charge is 0.269 e. The van der Waals surface area contributed by atoms with Gasteiger partial charge in [-0.05, 0) is 55.0 Å². The molecule has 4 aromatic rings. The van der Waals surface area contributed by atoms with Gasteiger partial charge in [0.1, 0.15) is 5.75 Å². The molecule has 206 valence electrons. The highest BCUT2D eigenvalue weighted by atomic mass is 32.2. The van der Waals surface area contributed by atoms with E-state index in [0.717, 1.165) is 42.2 Å². The summed E-state index contributed by atoms with van der Waals surface area (Å²) in [6.07, 6.45) is 1.20. The molecule has 3 aromatic carbocycles. The van der Waals surface area contributed by atoms with Crippen LogP contribution in [0.2, 0.25) is 0 Å². The van der Waals surface area contributed by atoms with E-state index in [1.807, 2.05) is 51.9 Å². The van der Waals surface area contributed by atoms with Crippen molar-refractivity contribution < 1.29 is 14.5 Å². The molecule has 0 bridgehead atoms. The molecule has 1 aromatic heterocycles. The second-order valence-corrected chi connectivity index (χ2v) is 10.4. The first kappa shape index (κ1) is 27.2. The normalized spacial score (nSPS) is 13.3. The van der Waals surface area contributed by atoms with Gasteiger partial charge in [0.15, 0.2) is 11.0 Å². The van der Waals surface area contributed by atoms with E-state index < -0.39 is 4.92 Å². The molecule has 1 aliphatic heterocycles. The number of piperazine rings is 1. The van der Waals surface area contributed by atoms with Gasteiger partial charge in [-0.15, -0.1) is 10.2 Å². The Labute approximate surface area is 236 Å². The second-order valence-electron chi connectivity index (χ2n) is 9.30. The third-order valence-corrected chi connectivity index (χ3v) is 7.84. The van der Waals surface area contributed by atoms with E-state index in [1.165, 1.54) is 12.1 Å². The lowest BCUT2D eigenvalue weighted by atomic mass is 10.2. The molecule has 0 aliphatic carbocycles. The van der Waals surface area contributed by atoms with Crippen LogP contribution in [0.4, 0.5) is 11.4 Å². The molecule has 1 fully saturated rings. The highest BCUT2D eigenvalue weighted by molar-refractivity contribution is 7.99. The van der Waals surface area contributed by atoms with Gasteiger partial charge in [0, 0.05) is 67.4 Å². The molecule has 0 saturated carbocycles. The van der Waals surface area contributed by atoms with E-state index in [1.54, 1.807) is 31.0 Å². The summed E-state index contributed by atoms with van der Waals surface area (Å²) in [4.78, 5) is 27.8. The molecular weight excluding hydrogens is 528 g/mol. The van der Waals surface area contributed by atoms with Crippen LogP contribution in [0, 0.1) is 10.1 Å². The Morgan fingerprint density at radius 3 is 2.27 bits per heavy atom. The molecule has 11 heteroatoms. The number of rotatable bonds is 10. The van der Waals surface area contributed by atoms with Gasteiger partial charge in [-0.25, -0.2) is 0 Å². The number of para-hydroxylation sites is 1. The van der Waals surface area contributed by atoms with Gasteiger partial charge in [-0.1, -0.05) is 30.0 Å². The van der Waals surface area contributed by atoms with Gasteiger partial charge in [0.2, 0.25) is 5.91 Å². The summed E-state index contributed by atoms with van der Waals surface area (Å²) in [5, 5.41) is 20.6. The number of non-ortho nitro benzene ring substituents is 1. The second kappa shape index (κ2) is 12.6. The predicted octanol–water partition coefficient (Wildman–Crippen LogP) is 5.07. The first-order valence-electron chi connectivity index (χ1n) is 13.1. The summed E-state index contributed by atoms with van der Waals surface area (Å²) < 4.78 is 7.19. The number of benzene rings is 3. The Morgan fingerprint density at radius 2 is 1.62 bits per heavy atom. The molecule has 0 spiro atoms. The molecule has 1 saturated heterocycles. The van der Waals surface area contributed by atoms with Gasteiger partial charge in [0.05, 0.1) is 12.0 Å². The lowest BCUT2D eigenvalue weighted by molar-refractivity contribution is -0.384. The third kappa shape index (κ3) is 6.26. The minimum Gasteiger partial charge on any atom is -0.497 e. The molecular formula is C29H30N6O4S. The zero-order valence-corrected chi connectivity index (χ0v) is 23.0. The molecule has 5 rings (SSSR count). The Bertz CT molecular complexity index is 1440. The first-order chi connectivity index (χ1) is 19.5. The molecule has 1 amide bonds. The number of nitro benzene ring substituents is 1. The van der Waals surface area contributed by atoms with E-state index in [-0.39, 0.29) is 11.6 Å². The van der Waals surface area contributed by atoms with Crippen LogP contribution in [0.5, 0.6) is 5.75 Å². The minimum absolute atomic E-state index is 0.0240. The van der Waals surface area contributed by atoms with Crippen LogP contribution >= 0.6 is 11.8 Å². The first-order valence-corrected chi connectivity index (χ1v) is 14.1. The monoisotopic (exact) mass is 558 g/mol. The van der Waals surface area contributed by atoms with Crippen LogP contribution in [-0.4, -0.2) is 69.5 Å². The molecule has 0 atom stereocenters. The topological polar surface area (TPSA) is 107 Å². The number of methoxy groups -OCH3 is 1. The van der Waals surface area contributed by atoms with E-state index >= 15 is 0 Å². The van der Waals surface area contributed by atoms with Gasteiger partial charge in [-0.3, -0.25) is 19.5 Å². The SMILES string of the molecule is COc1ccc(N2CCN(C(=O)CCCSc3nnc(-c4ccc([N+](=O)[O-])cc4)n3-c3ccccc3)CC2)cc1. The van der Waals surface area contributed by atoms with Crippen LogP contribution < -0.4 is 9.64 Å². The lowest BCUT2D eigenvalue weighted by Crippen LogP contribution is -2.48. The van der Waals surface area contributed by atoms with Crippen LogP contribution in [0.15, 0.2) is 84.0 Å². The van der Waals surface area contributed by atoms with E-state index in [4.69, 9.17) is 4.74 Å². The van der Waals surface area contributed by atoms with Crippen LogP contribution in [0.1, 0.15) is 12.8 Å². The molecule has 0 radical (unpaired) electrons. The van der Waals surface area contributed by atoms with Crippen molar-refractivity contribution in [1.82, 2.24) is 19.7 Å². The van der Waals surface area contributed by atoms with Crippen LogP contribution in [0.25, 0.3) is 17.1 Å². The number of hydrogen-bond acceptors (Lipinski definition) is 8. The molecule has 40 heavy (non-hydrogen) atoms. The summed E-state index contributed by atoms with van der Waals surface area (Å²) in [6, 6.07) is 24.1. The fourth-order valence-electron chi connectivity index (χ4n) is 4.64. The maximum Gasteiger partial charge on any atom is 0.269 e. The number of nitrogens with zero attached hydrogens (tertiary/aromatic N) is 6. The van der Waals surface area contributed by atoms with E-state index in [9.17, 15) is 14.9 Å². The van der Waals surface area contributed by atoms with Crippen molar-refractivity contribution in [3.63, 3.8) is 0 Å². The molecule has 1 aliphatic rings. The fraction of sp³-hybridized carbons (Fsp3) is 0.276. The average Bonchev–Trinajstić information content (AvgIpc) is 3.43. The molecule has 10 nitrogen and oxygen atoms in total. The highest BCUT2D eigenvalue weighted by Gasteiger charge is 2.22. The number of ether oxygens (including phenoxy) is 1. The summed E-state index contributed by atoms with van der Waals surface area (Å²) >= 11 is 1.55. The standard InChI is InChI=1S/C29H30N6O4S/c1-39-26-15-13-23(14-16-26)32-17-19-33(20-18-32)27(36)8-5-21-40-29-31-30-28(34(29)24-6-3-2-4-7-24)22-9-11-25(12-10-22)35(37)38/h2-4,6-7,9-16H,5,8,17-21H2,1H3. The van der Waals surface area contributed by atoms with Crippen LogP contribution in [-0.2, 0) is 4.79 Å². The number of nitro groups is 1. The Balaban J connectivity index is 1.17. The van der Waals surface area contributed by atoms with E-state index in [2.05, 4.69) is 27.2 Å². The van der Waals surface area contributed by atoms with Crippen molar-refractivity contribution >= 4 is 29.0 Å². The molecule has 0 unspecified atom stereocenters. The summed E-state index contributed by atoms with van der Waals surface area (Å²) in [5.41, 5.74) is 2.79. The van der Waals surface area contributed by atoms with Gasteiger partial charge >= 0.3 is 0 Å². The predicted molar refractivity (Wildman–Crippen MR) is 155 cm³/mol. The Morgan fingerprint density at radius 1 is 0.925 bits per heavy atom. The van der Waals surface area contributed by atoms with Crippen molar-refractivity contribution in [2.45, 2.75) is 18.0 Å². The van der Waals surface area contributed by atoms with Gasteiger partial charge in [0.25, 0.3) is 5.69 Å². The van der Waals surface area contributed by atoms with Gasteiger partial charge < -0.3 is 14.5 Å². The van der Waals surface area contributed by atoms with Crippen molar-refractivity contribution in [3.8, 4) is 22.8 Å². The maximum atomic E-state index is 12.9. The van der Waals surface area contributed by atoms with E-state index in [0.29, 0.717) is 36.2 Å². The van der Waals surface area contributed by atoms with Gasteiger partial charge in [-0.2, -0.15) is 0 Å². The number of anilines is 1.